The van der Waals surface area contributed by atoms with Crippen molar-refractivity contribution in [1.29, 1.82) is 0 Å². The van der Waals surface area contributed by atoms with E-state index in [1.165, 1.54) is 0 Å². The summed E-state index contributed by atoms with van der Waals surface area (Å²) in [6, 6.07) is 9.98. The fourth-order valence-corrected chi connectivity index (χ4v) is 2.77. The lowest BCUT2D eigenvalue weighted by Gasteiger charge is -2.34. The van der Waals surface area contributed by atoms with Crippen molar-refractivity contribution in [2.24, 2.45) is 10.9 Å². The molecule has 0 radical (unpaired) electrons. The Hall–Kier alpha value is -1.51. The van der Waals surface area contributed by atoms with Crippen LogP contribution >= 0.6 is 24.0 Å². The fraction of sp³-hybridized carbons (Fsp3) is 0.579. The summed E-state index contributed by atoms with van der Waals surface area (Å²) in [5, 5.41) is 6.22. The number of aliphatic imine (C=N–C) groups is 1. The van der Waals surface area contributed by atoms with Crippen molar-refractivity contribution in [2.45, 2.75) is 32.8 Å². The summed E-state index contributed by atoms with van der Waals surface area (Å²) >= 11 is 0. The number of piperidine rings is 1. The van der Waals surface area contributed by atoms with Gasteiger partial charge in [0.2, 0.25) is 5.91 Å². The molecule has 6 nitrogen and oxygen atoms in total. The number of hydrogen-bond donors (Lipinski definition) is 2. The lowest BCUT2D eigenvalue weighted by Crippen LogP contribution is -2.49. The SMILES string of the molecule is CN=C(NCCNC(=O)C(C)C)N1CCC(Oc2ccccc2)CC1.I. The summed E-state index contributed by atoms with van der Waals surface area (Å²) < 4.78 is 6.03. The molecule has 1 aromatic carbocycles. The number of carbonyl (C=O) groups excluding carboxylic acids is 1. The van der Waals surface area contributed by atoms with Crippen molar-refractivity contribution in [2.75, 3.05) is 33.2 Å². The van der Waals surface area contributed by atoms with Crippen molar-refractivity contribution in [3.8, 4) is 5.75 Å². The fourth-order valence-electron chi connectivity index (χ4n) is 2.77. The standard InChI is InChI=1S/C19H30N4O2.HI/c1-15(2)18(24)21-11-12-22-19(20-3)23-13-9-17(10-14-23)25-16-7-5-4-6-8-16;/h4-8,15,17H,9-14H2,1-3H3,(H,20,22)(H,21,24);1H. The molecule has 0 atom stereocenters. The summed E-state index contributed by atoms with van der Waals surface area (Å²) in [5.41, 5.74) is 0. The van der Waals surface area contributed by atoms with Gasteiger partial charge in [0.25, 0.3) is 0 Å². The third-order valence-electron chi connectivity index (χ3n) is 4.23. The van der Waals surface area contributed by atoms with Crippen molar-refractivity contribution in [1.82, 2.24) is 15.5 Å². The highest BCUT2D eigenvalue weighted by atomic mass is 127. The number of nitrogens with zero attached hydrogens (tertiary/aromatic N) is 2. The number of carbonyl (C=O) groups is 1. The summed E-state index contributed by atoms with van der Waals surface area (Å²) in [5.74, 6) is 1.92. The Labute approximate surface area is 173 Å². The van der Waals surface area contributed by atoms with Crippen LogP contribution in [0.15, 0.2) is 35.3 Å². The van der Waals surface area contributed by atoms with Gasteiger partial charge in [0.15, 0.2) is 5.96 Å². The van der Waals surface area contributed by atoms with E-state index in [2.05, 4.69) is 20.5 Å². The number of ether oxygens (including phenoxy) is 1. The van der Waals surface area contributed by atoms with Gasteiger partial charge in [0.05, 0.1) is 0 Å². The highest BCUT2D eigenvalue weighted by Gasteiger charge is 2.22. The summed E-state index contributed by atoms with van der Waals surface area (Å²) in [6.07, 6.45) is 2.20. The number of para-hydroxylation sites is 1. The van der Waals surface area contributed by atoms with Crippen LogP contribution in [-0.4, -0.2) is 56.1 Å². The lowest BCUT2D eigenvalue weighted by atomic mass is 10.1. The first-order valence-corrected chi connectivity index (χ1v) is 9.05. The molecular weight excluding hydrogens is 443 g/mol. The average Bonchev–Trinajstić information content (AvgIpc) is 2.63. The number of halogens is 1. The third-order valence-corrected chi connectivity index (χ3v) is 4.23. The molecule has 0 aliphatic carbocycles. The topological polar surface area (TPSA) is 66.0 Å². The van der Waals surface area contributed by atoms with Gasteiger partial charge in [-0.1, -0.05) is 32.0 Å². The molecule has 26 heavy (non-hydrogen) atoms. The molecule has 0 spiro atoms. The van der Waals surface area contributed by atoms with Gasteiger partial charge in [-0.15, -0.1) is 24.0 Å². The Morgan fingerprint density at radius 2 is 1.81 bits per heavy atom. The molecule has 1 aliphatic heterocycles. The van der Waals surface area contributed by atoms with Crippen LogP contribution in [0.3, 0.4) is 0 Å². The van der Waals surface area contributed by atoms with Gasteiger partial charge in [-0.3, -0.25) is 9.79 Å². The first-order valence-electron chi connectivity index (χ1n) is 9.05. The smallest absolute Gasteiger partial charge is 0.222 e. The largest absolute Gasteiger partial charge is 0.490 e. The molecule has 1 fully saturated rings. The number of likely N-dealkylation sites (tertiary alicyclic amines) is 1. The molecule has 0 aromatic heterocycles. The maximum Gasteiger partial charge on any atom is 0.222 e. The van der Waals surface area contributed by atoms with Crippen LogP contribution in [0.1, 0.15) is 26.7 Å². The van der Waals surface area contributed by atoms with E-state index in [0.717, 1.165) is 37.6 Å². The monoisotopic (exact) mass is 474 g/mol. The van der Waals surface area contributed by atoms with E-state index in [0.29, 0.717) is 13.1 Å². The second-order valence-electron chi connectivity index (χ2n) is 6.54. The average molecular weight is 474 g/mol. The van der Waals surface area contributed by atoms with Gasteiger partial charge in [0.1, 0.15) is 11.9 Å². The summed E-state index contributed by atoms with van der Waals surface area (Å²) in [7, 11) is 1.79. The van der Waals surface area contributed by atoms with Gasteiger partial charge in [-0.2, -0.15) is 0 Å². The van der Waals surface area contributed by atoms with Crippen molar-refractivity contribution >= 4 is 35.8 Å². The van der Waals surface area contributed by atoms with Gasteiger partial charge in [0, 0.05) is 52.0 Å². The van der Waals surface area contributed by atoms with Crippen LogP contribution in [0.25, 0.3) is 0 Å². The molecule has 0 unspecified atom stereocenters. The molecule has 1 amide bonds. The Kier molecular flexibility index (Phi) is 10.4. The zero-order chi connectivity index (χ0) is 18.1. The molecule has 0 bridgehead atoms. The molecule has 2 rings (SSSR count). The number of hydrogen-bond acceptors (Lipinski definition) is 3. The maximum absolute atomic E-state index is 11.6. The van der Waals surface area contributed by atoms with E-state index in [-0.39, 0.29) is 41.9 Å². The van der Waals surface area contributed by atoms with Crippen molar-refractivity contribution in [3.63, 3.8) is 0 Å². The Bertz CT molecular complexity index is 558. The summed E-state index contributed by atoms with van der Waals surface area (Å²) in [4.78, 5) is 18.1. The van der Waals surface area contributed by atoms with Crippen LogP contribution < -0.4 is 15.4 Å². The molecule has 2 N–H and O–H groups in total. The van der Waals surface area contributed by atoms with Crippen LogP contribution in [0.4, 0.5) is 0 Å². The second kappa shape index (κ2) is 12.0. The van der Waals surface area contributed by atoms with E-state index < -0.39 is 0 Å². The zero-order valence-electron chi connectivity index (χ0n) is 15.9. The Morgan fingerprint density at radius 3 is 2.38 bits per heavy atom. The highest BCUT2D eigenvalue weighted by molar-refractivity contribution is 14.0. The van der Waals surface area contributed by atoms with Gasteiger partial charge in [-0.25, -0.2) is 0 Å². The van der Waals surface area contributed by atoms with Crippen LogP contribution in [-0.2, 0) is 4.79 Å². The molecule has 1 aromatic rings. The predicted octanol–water partition coefficient (Wildman–Crippen LogP) is 2.50. The van der Waals surface area contributed by atoms with Gasteiger partial charge < -0.3 is 20.3 Å². The number of benzene rings is 1. The zero-order valence-corrected chi connectivity index (χ0v) is 18.2. The van der Waals surface area contributed by atoms with E-state index in [4.69, 9.17) is 4.74 Å². The third kappa shape index (κ3) is 7.39. The molecule has 1 saturated heterocycles. The second-order valence-corrected chi connectivity index (χ2v) is 6.54. The van der Waals surface area contributed by atoms with Gasteiger partial charge >= 0.3 is 0 Å². The molecule has 1 aliphatic rings. The summed E-state index contributed by atoms with van der Waals surface area (Å²) in [6.45, 7) is 6.88. The quantitative estimate of drug-likeness (QED) is 0.288. The van der Waals surface area contributed by atoms with Crippen molar-refractivity contribution in [3.05, 3.63) is 30.3 Å². The normalized spacial score (nSPS) is 15.4. The molecule has 146 valence electrons. The van der Waals surface area contributed by atoms with Crippen LogP contribution in [0.5, 0.6) is 5.75 Å². The Morgan fingerprint density at radius 1 is 1.19 bits per heavy atom. The van der Waals surface area contributed by atoms with Crippen molar-refractivity contribution < 1.29 is 9.53 Å². The number of guanidine groups is 1. The first kappa shape index (κ1) is 22.5. The molecule has 0 saturated carbocycles. The van der Waals surface area contributed by atoms with E-state index in [1.807, 2.05) is 44.2 Å². The minimum atomic E-state index is 0. The lowest BCUT2D eigenvalue weighted by molar-refractivity contribution is -0.123. The van der Waals surface area contributed by atoms with E-state index in [1.54, 1.807) is 7.05 Å². The Balaban J connectivity index is 0.00000338. The highest BCUT2D eigenvalue weighted by Crippen LogP contribution is 2.18. The minimum Gasteiger partial charge on any atom is -0.490 e. The molecular formula is C19H31IN4O2. The number of nitrogens with one attached hydrogen (secondary N) is 2. The molecule has 1 heterocycles. The van der Waals surface area contributed by atoms with Gasteiger partial charge in [-0.05, 0) is 12.1 Å². The number of rotatable bonds is 6. The molecule has 7 heteroatoms. The van der Waals surface area contributed by atoms with E-state index in [9.17, 15) is 4.79 Å². The maximum atomic E-state index is 11.6. The first-order chi connectivity index (χ1) is 12.1. The minimum absolute atomic E-state index is 0. The predicted molar refractivity (Wildman–Crippen MR) is 116 cm³/mol. The van der Waals surface area contributed by atoms with Crippen LogP contribution in [0.2, 0.25) is 0 Å². The van der Waals surface area contributed by atoms with Crippen LogP contribution in [0, 0.1) is 5.92 Å². The van der Waals surface area contributed by atoms with E-state index >= 15 is 0 Å². The number of amides is 1.